The van der Waals surface area contributed by atoms with E-state index >= 15 is 0 Å². The van der Waals surface area contributed by atoms with Gasteiger partial charge in [-0.05, 0) is 31.0 Å². The van der Waals surface area contributed by atoms with Gasteiger partial charge in [-0.15, -0.1) is 0 Å². The van der Waals surface area contributed by atoms with Crippen molar-refractivity contribution in [2.45, 2.75) is 24.8 Å². The van der Waals surface area contributed by atoms with Crippen LogP contribution in [-0.2, 0) is 26.6 Å². The highest BCUT2D eigenvalue weighted by molar-refractivity contribution is 7.80. The standard InChI is InChI=1S/C17H20O3S/c1-15-8-10-17(11-9-15)21(18)20-13-5-12-19-14-16-6-3-2-4-7-16/h2-4,6-11H,5,12-14H2,1H3. The molecule has 4 heteroatoms. The first-order valence-corrected chi connectivity index (χ1v) is 8.06. The van der Waals surface area contributed by atoms with Gasteiger partial charge in [-0.25, -0.2) is 4.21 Å². The molecule has 0 radical (unpaired) electrons. The van der Waals surface area contributed by atoms with Gasteiger partial charge in [0.1, 0.15) is 0 Å². The van der Waals surface area contributed by atoms with E-state index in [1.807, 2.05) is 61.5 Å². The molecule has 1 unspecified atom stereocenters. The van der Waals surface area contributed by atoms with E-state index < -0.39 is 11.1 Å². The maximum absolute atomic E-state index is 11.9. The molecule has 0 amide bonds. The molecule has 2 aromatic rings. The van der Waals surface area contributed by atoms with Crippen molar-refractivity contribution in [2.75, 3.05) is 13.2 Å². The van der Waals surface area contributed by atoms with Crippen molar-refractivity contribution in [3.05, 3.63) is 65.7 Å². The molecule has 21 heavy (non-hydrogen) atoms. The molecule has 2 rings (SSSR count). The molecular weight excluding hydrogens is 284 g/mol. The third-order valence-corrected chi connectivity index (χ3v) is 3.99. The van der Waals surface area contributed by atoms with Gasteiger partial charge >= 0.3 is 0 Å². The van der Waals surface area contributed by atoms with Crippen molar-refractivity contribution < 1.29 is 13.1 Å². The van der Waals surface area contributed by atoms with Crippen molar-refractivity contribution in [1.82, 2.24) is 0 Å². The van der Waals surface area contributed by atoms with Crippen LogP contribution < -0.4 is 0 Å². The molecule has 1 atom stereocenters. The molecule has 0 heterocycles. The Kier molecular flexibility index (Phi) is 6.60. The van der Waals surface area contributed by atoms with E-state index in [9.17, 15) is 4.21 Å². The number of hydrogen-bond acceptors (Lipinski definition) is 3. The van der Waals surface area contributed by atoms with Crippen molar-refractivity contribution >= 4 is 11.1 Å². The predicted octanol–water partition coefficient (Wildman–Crippen LogP) is 3.64. The summed E-state index contributed by atoms with van der Waals surface area (Å²) in [6.07, 6.45) is 0.727. The monoisotopic (exact) mass is 304 g/mol. The van der Waals surface area contributed by atoms with Crippen LogP contribution in [0, 0.1) is 6.92 Å². The van der Waals surface area contributed by atoms with Crippen LogP contribution in [0.5, 0.6) is 0 Å². The Bertz CT molecular complexity index is 552. The van der Waals surface area contributed by atoms with Crippen molar-refractivity contribution in [2.24, 2.45) is 0 Å². The Hall–Kier alpha value is -1.49. The Labute approximate surface area is 128 Å². The van der Waals surface area contributed by atoms with Crippen LogP contribution in [-0.4, -0.2) is 17.4 Å². The van der Waals surface area contributed by atoms with Crippen LogP contribution in [0.25, 0.3) is 0 Å². The van der Waals surface area contributed by atoms with E-state index in [4.69, 9.17) is 8.92 Å². The largest absolute Gasteiger partial charge is 0.377 e. The summed E-state index contributed by atoms with van der Waals surface area (Å²) in [5, 5.41) is 0. The summed E-state index contributed by atoms with van der Waals surface area (Å²) in [6, 6.07) is 17.6. The highest BCUT2D eigenvalue weighted by Gasteiger charge is 2.03. The zero-order valence-electron chi connectivity index (χ0n) is 12.2. The second-order valence-corrected chi connectivity index (χ2v) is 5.94. The molecule has 0 aliphatic carbocycles. The van der Waals surface area contributed by atoms with Crippen molar-refractivity contribution in [3.8, 4) is 0 Å². The van der Waals surface area contributed by atoms with E-state index in [1.165, 1.54) is 0 Å². The Morgan fingerprint density at radius 3 is 2.38 bits per heavy atom. The molecule has 0 spiro atoms. The quantitative estimate of drug-likeness (QED) is 0.698. The fourth-order valence-electron chi connectivity index (χ4n) is 1.78. The average Bonchev–Trinajstić information content (AvgIpc) is 2.52. The Morgan fingerprint density at radius 1 is 0.952 bits per heavy atom. The number of rotatable bonds is 8. The van der Waals surface area contributed by atoms with Gasteiger partial charge in [-0.1, -0.05) is 48.0 Å². The van der Waals surface area contributed by atoms with Gasteiger partial charge in [0.05, 0.1) is 18.1 Å². The zero-order chi connectivity index (χ0) is 14.9. The van der Waals surface area contributed by atoms with Crippen LogP contribution >= 0.6 is 0 Å². The molecule has 0 N–H and O–H groups in total. The minimum atomic E-state index is -1.39. The van der Waals surface area contributed by atoms with Gasteiger partial charge in [-0.3, -0.25) is 4.18 Å². The van der Waals surface area contributed by atoms with E-state index in [1.54, 1.807) is 0 Å². The molecule has 0 saturated heterocycles. The van der Waals surface area contributed by atoms with Crippen molar-refractivity contribution in [1.29, 1.82) is 0 Å². The van der Waals surface area contributed by atoms with E-state index in [0.717, 1.165) is 17.5 Å². The summed E-state index contributed by atoms with van der Waals surface area (Å²) in [7, 11) is 0. The second kappa shape index (κ2) is 8.72. The first-order chi connectivity index (χ1) is 10.3. The number of benzene rings is 2. The van der Waals surface area contributed by atoms with E-state index in [-0.39, 0.29) is 0 Å². The predicted molar refractivity (Wildman–Crippen MR) is 84.3 cm³/mol. The van der Waals surface area contributed by atoms with E-state index in [2.05, 4.69) is 0 Å². The lowest BCUT2D eigenvalue weighted by Crippen LogP contribution is -2.04. The van der Waals surface area contributed by atoms with Gasteiger partial charge in [-0.2, -0.15) is 0 Å². The van der Waals surface area contributed by atoms with Crippen LogP contribution in [0.3, 0.4) is 0 Å². The summed E-state index contributed by atoms with van der Waals surface area (Å²) < 4.78 is 22.7. The maximum Gasteiger partial charge on any atom is 0.189 e. The Balaban J connectivity index is 1.59. The lowest BCUT2D eigenvalue weighted by Gasteiger charge is -2.05. The first-order valence-electron chi connectivity index (χ1n) is 6.99. The SMILES string of the molecule is Cc1ccc(S(=O)OCCCOCc2ccccc2)cc1. The number of aryl methyl sites for hydroxylation is 1. The Morgan fingerprint density at radius 2 is 1.67 bits per heavy atom. The lowest BCUT2D eigenvalue weighted by atomic mass is 10.2. The third-order valence-electron chi connectivity index (χ3n) is 2.95. The fourth-order valence-corrected chi connectivity index (χ4v) is 2.54. The fraction of sp³-hybridized carbons (Fsp3) is 0.294. The summed E-state index contributed by atoms with van der Waals surface area (Å²) in [4.78, 5) is 0.700. The highest BCUT2D eigenvalue weighted by atomic mass is 32.2. The summed E-state index contributed by atoms with van der Waals surface area (Å²) in [5.74, 6) is 0. The lowest BCUT2D eigenvalue weighted by molar-refractivity contribution is 0.109. The number of hydrogen-bond donors (Lipinski definition) is 0. The van der Waals surface area contributed by atoms with Gasteiger partial charge in [0.2, 0.25) is 0 Å². The average molecular weight is 304 g/mol. The van der Waals surface area contributed by atoms with Crippen LogP contribution in [0.2, 0.25) is 0 Å². The third kappa shape index (κ3) is 5.79. The van der Waals surface area contributed by atoms with Crippen LogP contribution in [0.15, 0.2) is 59.5 Å². The molecular formula is C17H20O3S. The topological polar surface area (TPSA) is 35.5 Å². The summed E-state index contributed by atoms with van der Waals surface area (Å²) >= 11 is -1.39. The molecule has 0 saturated carbocycles. The van der Waals surface area contributed by atoms with Gasteiger partial charge in [0.25, 0.3) is 0 Å². The molecule has 0 bridgehead atoms. The van der Waals surface area contributed by atoms with E-state index in [0.29, 0.717) is 24.7 Å². The first kappa shape index (κ1) is 15.9. The molecule has 112 valence electrons. The molecule has 2 aromatic carbocycles. The minimum Gasteiger partial charge on any atom is -0.377 e. The molecule has 0 aliphatic heterocycles. The van der Waals surface area contributed by atoms with Gasteiger partial charge < -0.3 is 4.74 Å². The molecule has 0 aromatic heterocycles. The molecule has 0 aliphatic rings. The minimum absolute atomic E-state index is 0.426. The van der Waals surface area contributed by atoms with Crippen molar-refractivity contribution in [3.63, 3.8) is 0 Å². The summed E-state index contributed by atoms with van der Waals surface area (Å²) in [6.45, 7) is 3.62. The van der Waals surface area contributed by atoms with Gasteiger partial charge in [0.15, 0.2) is 11.1 Å². The highest BCUT2D eigenvalue weighted by Crippen LogP contribution is 2.09. The van der Waals surface area contributed by atoms with Crippen LogP contribution in [0.1, 0.15) is 17.5 Å². The van der Waals surface area contributed by atoms with Gasteiger partial charge in [0, 0.05) is 6.61 Å². The maximum atomic E-state index is 11.9. The number of ether oxygens (including phenoxy) is 1. The zero-order valence-corrected chi connectivity index (χ0v) is 13.0. The smallest absolute Gasteiger partial charge is 0.189 e. The molecule has 0 fully saturated rings. The summed E-state index contributed by atoms with van der Waals surface area (Å²) in [5.41, 5.74) is 2.30. The normalized spacial score (nSPS) is 12.2. The molecule has 3 nitrogen and oxygen atoms in total. The van der Waals surface area contributed by atoms with Crippen LogP contribution in [0.4, 0.5) is 0 Å². The second-order valence-electron chi connectivity index (χ2n) is 4.76.